The summed E-state index contributed by atoms with van der Waals surface area (Å²) in [5, 5.41) is 7.69. The molecule has 2 aromatic carbocycles. The van der Waals surface area contributed by atoms with Crippen LogP contribution in [-0.4, -0.2) is 28.6 Å². The number of hydrogen-bond donors (Lipinski definition) is 2. The van der Waals surface area contributed by atoms with Crippen LogP contribution in [0.5, 0.6) is 11.5 Å². The third-order valence-corrected chi connectivity index (χ3v) is 4.39. The average molecular weight is 391 g/mol. The van der Waals surface area contributed by atoms with Crippen LogP contribution >= 0.6 is 23.8 Å². The summed E-state index contributed by atoms with van der Waals surface area (Å²) in [7, 11) is 1.59. The van der Waals surface area contributed by atoms with Gasteiger partial charge < -0.3 is 14.9 Å². The van der Waals surface area contributed by atoms with Crippen LogP contribution in [-0.2, 0) is 6.54 Å². The summed E-state index contributed by atoms with van der Waals surface area (Å²) in [5.74, 6) is 1.95. The van der Waals surface area contributed by atoms with E-state index < -0.39 is 0 Å². The van der Waals surface area contributed by atoms with Gasteiger partial charge in [0.25, 0.3) is 0 Å². The lowest BCUT2D eigenvalue weighted by Crippen LogP contribution is -2.16. The zero-order chi connectivity index (χ0) is 18.5. The van der Waals surface area contributed by atoms with Crippen LogP contribution < -0.4 is 14.9 Å². The van der Waals surface area contributed by atoms with Gasteiger partial charge in [-0.05, 0) is 30.8 Å². The average Bonchev–Trinajstić information content (AvgIpc) is 3.03. The minimum Gasteiger partial charge on any atom is -0.493 e. The number of halogens is 1. The Morgan fingerprint density at radius 3 is 2.69 bits per heavy atom. The third kappa shape index (κ3) is 3.84. The number of nitrogens with zero attached hydrogens (tertiary/aromatic N) is 2. The first-order valence-electron chi connectivity index (χ1n) is 8.10. The molecule has 0 unspecified atom stereocenters. The maximum Gasteiger partial charge on any atom is 0.214 e. The molecule has 0 aliphatic heterocycles. The molecular weight excluding hydrogens is 372 g/mol. The van der Waals surface area contributed by atoms with Crippen molar-refractivity contribution >= 4 is 23.8 Å². The summed E-state index contributed by atoms with van der Waals surface area (Å²) in [6, 6.07) is 13.4. The zero-order valence-electron chi connectivity index (χ0n) is 14.5. The number of aromatic nitrogens is 3. The van der Waals surface area contributed by atoms with E-state index in [-0.39, 0.29) is 0 Å². The van der Waals surface area contributed by atoms with E-state index in [2.05, 4.69) is 15.6 Å². The predicted octanol–water partition coefficient (Wildman–Crippen LogP) is 4.41. The lowest BCUT2D eigenvalue weighted by atomic mass is 10.2. The van der Waals surface area contributed by atoms with Gasteiger partial charge in [0, 0.05) is 16.7 Å². The number of aromatic amines is 1. The van der Waals surface area contributed by atoms with E-state index in [0.717, 1.165) is 11.1 Å². The Labute approximate surface area is 161 Å². The minimum absolute atomic E-state index is 0.441. The Kier molecular flexibility index (Phi) is 5.80. The van der Waals surface area contributed by atoms with Gasteiger partial charge in [-0.1, -0.05) is 41.9 Å². The van der Waals surface area contributed by atoms with E-state index in [1.54, 1.807) is 17.9 Å². The molecule has 0 radical (unpaired) electrons. The molecule has 2 N–H and O–H groups in total. The number of benzene rings is 2. The maximum atomic E-state index is 6.38. The van der Waals surface area contributed by atoms with Gasteiger partial charge in [0.1, 0.15) is 0 Å². The fraction of sp³-hybridized carbons (Fsp3) is 0.222. The summed E-state index contributed by atoms with van der Waals surface area (Å²) >= 11 is 11.7. The van der Waals surface area contributed by atoms with Gasteiger partial charge in [-0.3, -0.25) is 0 Å². The highest BCUT2D eigenvalue weighted by atomic mass is 35.5. The van der Waals surface area contributed by atoms with E-state index in [1.165, 1.54) is 0 Å². The number of rotatable bonds is 7. The fourth-order valence-electron chi connectivity index (χ4n) is 2.53. The Balaban J connectivity index is 1.87. The second-order valence-electron chi connectivity index (χ2n) is 5.42. The van der Waals surface area contributed by atoms with Gasteiger partial charge >= 0.3 is 0 Å². The van der Waals surface area contributed by atoms with Crippen molar-refractivity contribution in [2.24, 2.45) is 0 Å². The molecule has 0 saturated heterocycles. The number of methoxy groups -OCH3 is 1. The van der Waals surface area contributed by atoms with Crippen molar-refractivity contribution in [1.82, 2.24) is 14.9 Å². The third-order valence-electron chi connectivity index (χ3n) is 3.76. The summed E-state index contributed by atoms with van der Waals surface area (Å²) in [6.07, 6.45) is 0. The molecule has 0 amide bonds. The number of H-pyrrole nitrogens is 1. The molecule has 26 heavy (non-hydrogen) atoms. The normalized spacial score (nSPS) is 10.6. The van der Waals surface area contributed by atoms with E-state index in [9.17, 15) is 0 Å². The van der Waals surface area contributed by atoms with Crippen LogP contribution in [0.25, 0.3) is 11.4 Å². The van der Waals surface area contributed by atoms with E-state index in [4.69, 9.17) is 33.3 Å². The van der Waals surface area contributed by atoms with Crippen molar-refractivity contribution in [2.75, 3.05) is 19.1 Å². The molecule has 6 nitrogen and oxygen atoms in total. The molecule has 0 spiro atoms. The quantitative estimate of drug-likeness (QED) is 0.585. The molecule has 0 aliphatic rings. The summed E-state index contributed by atoms with van der Waals surface area (Å²) in [5.41, 5.74) is 5.07. The molecule has 1 aromatic heterocycles. The van der Waals surface area contributed by atoms with Gasteiger partial charge in [-0.2, -0.15) is 5.10 Å². The van der Waals surface area contributed by atoms with Gasteiger partial charge in [0.15, 0.2) is 17.3 Å². The SMILES string of the molecule is CCOc1cc(CNn2c(-c3ccccc3)n[nH]c2=S)c(Cl)cc1OC. The molecule has 0 saturated carbocycles. The first kappa shape index (κ1) is 18.3. The van der Waals surface area contributed by atoms with Gasteiger partial charge in [-0.15, -0.1) is 0 Å². The van der Waals surface area contributed by atoms with Gasteiger partial charge in [-0.25, -0.2) is 9.77 Å². The van der Waals surface area contributed by atoms with Crippen molar-refractivity contribution < 1.29 is 9.47 Å². The standard InChI is InChI=1S/C18H19ClN4O2S/c1-3-25-16-9-13(14(19)10-15(16)24-2)11-20-23-17(21-22-18(23)26)12-7-5-4-6-8-12/h4-10,20H,3,11H2,1-2H3,(H,22,26). The molecule has 3 aromatic rings. The number of ether oxygens (including phenoxy) is 2. The van der Waals surface area contributed by atoms with E-state index >= 15 is 0 Å². The van der Waals surface area contributed by atoms with Crippen LogP contribution in [0.2, 0.25) is 5.02 Å². The highest BCUT2D eigenvalue weighted by molar-refractivity contribution is 7.71. The van der Waals surface area contributed by atoms with Gasteiger partial charge in [0.2, 0.25) is 4.77 Å². The first-order valence-corrected chi connectivity index (χ1v) is 8.88. The molecule has 0 aliphatic carbocycles. The molecular formula is C18H19ClN4O2S. The molecule has 0 bridgehead atoms. The minimum atomic E-state index is 0.441. The molecule has 0 fully saturated rings. The second-order valence-corrected chi connectivity index (χ2v) is 6.21. The van der Waals surface area contributed by atoms with Crippen molar-refractivity contribution in [3.63, 3.8) is 0 Å². The summed E-state index contributed by atoms with van der Waals surface area (Å²) in [6.45, 7) is 2.90. The van der Waals surface area contributed by atoms with Crippen LogP contribution in [0.15, 0.2) is 42.5 Å². The Bertz CT molecular complexity index is 940. The Hall–Kier alpha value is -2.51. The predicted molar refractivity (Wildman–Crippen MR) is 105 cm³/mol. The monoisotopic (exact) mass is 390 g/mol. The van der Waals surface area contributed by atoms with Crippen molar-refractivity contribution in [3.8, 4) is 22.9 Å². The van der Waals surface area contributed by atoms with Crippen LogP contribution in [0.1, 0.15) is 12.5 Å². The lowest BCUT2D eigenvalue weighted by molar-refractivity contribution is 0.310. The van der Waals surface area contributed by atoms with E-state index in [0.29, 0.717) is 40.3 Å². The molecule has 1 heterocycles. The number of nitrogens with one attached hydrogen (secondary N) is 2. The van der Waals surface area contributed by atoms with Gasteiger partial charge in [0.05, 0.1) is 20.3 Å². The molecule has 0 atom stereocenters. The molecule has 136 valence electrons. The largest absolute Gasteiger partial charge is 0.493 e. The Morgan fingerprint density at radius 2 is 2.00 bits per heavy atom. The maximum absolute atomic E-state index is 6.38. The summed E-state index contributed by atoms with van der Waals surface area (Å²) in [4.78, 5) is 0. The molecule has 3 rings (SSSR count). The fourth-order valence-corrected chi connectivity index (χ4v) is 2.95. The first-order chi connectivity index (χ1) is 12.6. The lowest BCUT2D eigenvalue weighted by Gasteiger charge is -2.15. The smallest absolute Gasteiger partial charge is 0.214 e. The second kappa shape index (κ2) is 8.25. The highest BCUT2D eigenvalue weighted by Crippen LogP contribution is 2.33. The van der Waals surface area contributed by atoms with Crippen molar-refractivity contribution in [1.29, 1.82) is 0 Å². The van der Waals surface area contributed by atoms with Crippen LogP contribution in [0, 0.1) is 4.77 Å². The van der Waals surface area contributed by atoms with Crippen LogP contribution in [0.3, 0.4) is 0 Å². The zero-order valence-corrected chi connectivity index (χ0v) is 16.0. The highest BCUT2D eigenvalue weighted by Gasteiger charge is 2.12. The summed E-state index contributed by atoms with van der Waals surface area (Å²) < 4.78 is 13.1. The Morgan fingerprint density at radius 1 is 1.23 bits per heavy atom. The number of hydrogen-bond acceptors (Lipinski definition) is 5. The van der Waals surface area contributed by atoms with Crippen LogP contribution in [0.4, 0.5) is 0 Å². The van der Waals surface area contributed by atoms with Crippen molar-refractivity contribution in [3.05, 3.63) is 57.8 Å². The molecule has 8 heteroatoms. The van der Waals surface area contributed by atoms with Crippen molar-refractivity contribution in [2.45, 2.75) is 13.5 Å². The van der Waals surface area contributed by atoms with E-state index in [1.807, 2.05) is 43.3 Å². The topological polar surface area (TPSA) is 64.1 Å².